The highest BCUT2D eigenvalue weighted by atomic mass is 32.2. The molecule has 0 saturated heterocycles. The molecule has 0 fully saturated rings. The van der Waals surface area contributed by atoms with Gasteiger partial charge in [0.2, 0.25) is 10.0 Å². The molecule has 1 rings (SSSR count). The van der Waals surface area contributed by atoms with Crippen LogP contribution in [0, 0.1) is 13.8 Å². The summed E-state index contributed by atoms with van der Waals surface area (Å²) in [6.45, 7) is 3.73. The van der Waals surface area contributed by atoms with Gasteiger partial charge in [0.15, 0.2) is 0 Å². The highest BCUT2D eigenvalue weighted by molar-refractivity contribution is 7.89. The van der Waals surface area contributed by atoms with Crippen LogP contribution in [0.4, 0.5) is 0 Å². The second-order valence-electron chi connectivity index (χ2n) is 4.55. The molecule has 1 aromatic carbocycles. The van der Waals surface area contributed by atoms with E-state index in [2.05, 4.69) is 4.72 Å². The van der Waals surface area contributed by atoms with Crippen molar-refractivity contribution in [3.63, 3.8) is 0 Å². The molecular weight excluding hydrogens is 266 g/mol. The largest absolute Gasteiger partial charge is 0.396 e. The fraction of sp³-hybridized carbons (Fsp3) is 0.538. The van der Waals surface area contributed by atoms with Gasteiger partial charge in [0.1, 0.15) is 0 Å². The van der Waals surface area contributed by atoms with Gasteiger partial charge in [-0.15, -0.1) is 0 Å². The highest BCUT2D eigenvalue weighted by Crippen LogP contribution is 2.17. The van der Waals surface area contributed by atoms with E-state index in [4.69, 9.17) is 9.84 Å². The van der Waals surface area contributed by atoms with Crippen LogP contribution in [-0.2, 0) is 14.8 Å². The first-order chi connectivity index (χ1) is 8.90. The highest BCUT2D eigenvalue weighted by Gasteiger charge is 2.21. The van der Waals surface area contributed by atoms with E-state index in [1.807, 2.05) is 13.0 Å². The molecule has 6 heteroatoms. The zero-order chi connectivity index (χ0) is 14.5. The maximum absolute atomic E-state index is 12.3. The number of benzene rings is 1. The lowest BCUT2D eigenvalue weighted by Crippen LogP contribution is -2.38. The van der Waals surface area contributed by atoms with Crippen molar-refractivity contribution in [1.82, 2.24) is 4.72 Å². The minimum atomic E-state index is -3.60. The lowest BCUT2D eigenvalue weighted by Gasteiger charge is -2.18. The average molecular weight is 287 g/mol. The van der Waals surface area contributed by atoms with Crippen LogP contribution in [0.15, 0.2) is 23.1 Å². The summed E-state index contributed by atoms with van der Waals surface area (Å²) < 4.78 is 32.2. The molecule has 0 radical (unpaired) electrons. The Bertz CT molecular complexity index is 507. The molecule has 0 saturated carbocycles. The first kappa shape index (κ1) is 16.1. The summed E-state index contributed by atoms with van der Waals surface area (Å²) >= 11 is 0. The Morgan fingerprint density at radius 1 is 1.37 bits per heavy atom. The molecule has 0 heterocycles. The van der Waals surface area contributed by atoms with Crippen molar-refractivity contribution in [3.8, 4) is 0 Å². The van der Waals surface area contributed by atoms with Crippen LogP contribution in [0.5, 0.6) is 0 Å². The van der Waals surface area contributed by atoms with E-state index in [1.165, 1.54) is 7.11 Å². The minimum absolute atomic E-state index is 0.0939. The molecule has 0 aliphatic rings. The molecule has 0 aliphatic carbocycles. The molecule has 1 aromatic rings. The number of aryl methyl sites for hydroxylation is 2. The van der Waals surface area contributed by atoms with Crippen molar-refractivity contribution < 1.29 is 18.3 Å². The Hall–Kier alpha value is -0.950. The van der Waals surface area contributed by atoms with E-state index in [9.17, 15) is 8.42 Å². The topological polar surface area (TPSA) is 75.6 Å². The van der Waals surface area contributed by atoms with E-state index in [1.54, 1.807) is 19.1 Å². The zero-order valence-electron chi connectivity index (χ0n) is 11.5. The third-order valence-corrected chi connectivity index (χ3v) is 4.46. The van der Waals surface area contributed by atoms with Crippen LogP contribution in [0.25, 0.3) is 0 Å². The Balaban J connectivity index is 2.99. The van der Waals surface area contributed by atoms with E-state index in [-0.39, 0.29) is 18.1 Å². The van der Waals surface area contributed by atoms with E-state index in [0.29, 0.717) is 12.0 Å². The molecule has 0 aliphatic heterocycles. The quantitative estimate of drug-likeness (QED) is 0.784. The van der Waals surface area contributed by atoms with Gasteiger partial charge in [-0.3, -0.25) is 0 Å². The third kappa shape index (κ3) is 4.58. The van der Waals surface area contributed by atoms with Crippen molar-refractivity contribution in [3.05, 3.63) is 29.3 Å². The number of rotatable bonds is 7. The number of sulfonamides is 1. The number of hydrogen-bond acceptors (Lipinski definition) is 4. The summed E-state index contributed by atoms with van der Waals surface area (Å²) in [5.41, 5.74) is 1.58. The Morgan fingerprint density at radius 3 is 2.63 bits per heavy atom. The summed E-state index contributed by atoms with van der Waals surface area (Å²) in [5.74, 6) is 0. The zero-order valence-corrected chi connectivity index (χ0v) is 12.3. The summed E-state index contributed by atoms with van der Waals surface area (Å²) in [7, 11) is -2.10. The molecule has 108 valence electrons. The summed E-state index contributed by atoms with van der Waals surface area (Å²) in [5, 5.41) is 8.94. The molecule has 0 bridgehead atoms. The summed E-state index contributed by atoms with van der Waals surface area (Å²) in [6.07, 6.45) is 0.317. The van der Waals surface area contributed by atoms with Crippen LogP contribution in [-0.4, -0.2) is 39.9 Å². The molecule has 1 atom stereocenters. The van der Waals surface area contributed by atoms with Gasteiger partial charge < -0.3 is 9.84 Å². The van der Waals surface area contributed by atoms with Gasteiger partial charge in [0, 0.05) is 19.8 Å². The molecule has 2 N–H and O–H groups in total. The van der Waals surface area contributed by atoms with E-state index >= 15 is 0 Å². The number of ether oxygens (including phenoxy) is 1. The Labute approximate surface area is 114 Å². The van der Waals surface area contributed by atoms with Crippen LogP contribution >= 0.6 is 0 Å². The lowest BCUT2D eigenvalue weighted by atomic mass is 10.2. The molecule has 19 heavy (non-hydrogen) atoms. The van der Waals surface area contributed by atoms with Crippen molar-refractivity contribution >= 4 is 10.0 Å². The second kappa shape index (κ2) is 7.00. The van der Waals surface area contributed by atoms with Crippen molar-refractivity contribution in [2.45, 2.75) is 31.2 Å². The van der Waals surface area contributed by atoms with Crippen molar-refractivity contribution in [1.29, 1.82) is 0 Å². The molecule has 0 amide bonds. The first-order valence-electron chi connectivity index (χ1n) is 6.10. The summed E-state index contributed by atoms with van der Waals surface area (Å²) in [4.78, 5) is 0.270. The van der Waals surface area contributed by atoms with Gasteiger partial charge >= 0.3 is 0 Å². The molecule has 1 unspecified atom stereocenters. The SMILES string of the molecule is COCC(CCO)NS(=O)(=O)c1cc(C)ccc1C. The molecule has 5 nitrogen and oxygen atoms in total. The van der Waals surface area contributed by atoms with Gasteiger partial charge in [0.05, 0.1) is 11.5 Å². The van der Waals surface area contributed by atoms with Crippen LogP contribution in [0.1, 0.15) is 17.5 Å². The lowest BCUT2D eigenvalue weighted by molar-refractivity contribution is 0.158. The number of methoxy groups -OCH3 is 1. The monoisotopic (exact) mass is 287 g/mol. The van der Waals surface area contributed by atoms with Gasteiger partial charge in [-0.25, -0.2) is 13.1 Å². The maximum Gasteiger partial charge on any atom is 0.241 e. The van der Waals surface area contributed by atoms with Crippen molar-refractivity contribution in [2.24, 2.45) is 0 Å². The predicted molar refractivity (Wildman–Crippen MR) is 73.6 cm³/mol. The average Bonchev–Trinajstić information content (AvgIpc) is 2.32. The third-order valence-electron chi connectivity index (χ3n) is 2.80. The van der Waals surface area contributed by atoms with Gasteiger partial charge in [0.25, 0.3) is 0 Å². The van der Waals surface area contributed by atoms with Gasteiger partial charge in [-0.2, -0.15) is 0 Å². The number of nitrogens with one attached hydrogen (secondary N) is 1. The predicted octanol–water partition coefficient (Wildman–Crippen LogP) is 0.979. The Morgan fingerprint density at radius 2 is 2.05 bits per heavy atom. The number of aliphatic hydroxyl groups is 1. The van der Waals surface area contributed by atoms with E-state index < -0.39 is 16.1 Å². The second-order valence-corrected chi connectivity index (χ2v) is 6.24. The van der Waals surface area contributed by atoms with Crippen molar-refractivity contribution in [2.75, 3.05) is 20.3 Å². The Kier molecular flexibility index (Phi) is 5.93. The van der Waals surface area contributed by atoms with Crippen LogP contribution in [0.3, 0.4) is 0 Å². The van der Waals surface area contributed by atoms with Gasteiger partial charge in [-0.1, -0.05) is 12.1 Å². The maximum atomic E-state index is 12.3. The molecule has 0 aromatic heterocycles. The fourth-order valence-electron chi connectivity index (χ4n) is 1.81. The standard InChI is InChI=1S/C13H21NO4S/c1-10-4-5-11(2)13(8-10)19(16,17)14-12(6-7-15)9-18-3/h4-5,8,12,14-15H,6-7,9H2,1-3H3. The molecule has 0 spiro atoms. The number of hydrogen-bond donors (Lipinski definition) is 2. The summed E-state index contributed by atoms with van der Waals surface area (Å²) in [6, 6.07) is 4.86. The molecular formula is C13H21NO4S. The van der Waals surface area contributed by atoms with Gasteiger partial charge in [-0.05, 0) is 37.5 Å². The first-order valence-corrected chi connectivity index (χ1v) is 7.58. The fourth-order valence-corrected chi connectivity index (χ4v) is 3.40. The number of aliphatic hydroxyl groups excluding tert-OH is 1. The van der Waals surface area contributed by atoms with E-state index in [0.717, 1.165) is 5.56 Å². The smallest absolute Gasteiger partial charge is 0.241 e. The van der Waals surface area contributed by atoms with Crippen LogP contribution < -0.4 is 4.72 Å². The van der Waals surface area contributed by atoms with Crippen LogP contribution in [0.2, 0.25) is 0 Å². The normalized spacial score (nSPS) is 13.5. The minimum Gasteiger partial charge on any atom is -0.396 e.